The minimum absolute atomic E-state index is 0.0156. The number of aromatic carboxylic acids is 1. The second-order valence-corrected chi connectivity index (χ2v) is 3.54. The van der Waals surface area contributed by atoms with Gasteiger partial charge < -0.3 is 9.67 Å². The van der Waals surface area contributed by atoms with Crippen LogP contribution in [0.4, 0.5) is 8.78 Å². The molecule has 0 saturated heterocycles. The van der Waals surface area contributed by atoms with Gasteiger partial charge in [0, 0.05) is 11.8 Å². The Morgan fingerprint density at radius 2 is 2.00 bits per heavy atom. The summed E-state index contributed by atoms with van der Waals surface area (Å²) in [5.74, 6) is -2.99. The minimum atomic E-state index is -1.10. The molecule has 5 heteroatoms. The highest BCUT2D eigenvalue weighted by molar-refractivity contribution is 5.85. The predicted molar refractivity (Wildman–Crippen MR) is 56.9 cm³/mol. The van der Waals surface area contributed by atoms with Crippen molar-refractivity contribution in [3.63, 3.8) is 0 Å². The third-order valence-corrected chi connectivity index (χ3v) is 2.42. The fourth-order valence-corrected chi connectivity index (χ4v) is 1.60. The number of nitrogens with zero attached hydrogens (tertiary/aromatic N) is 1. The maximum absolute atomic E-state index is 13.4. The van der Waals surface area contributed by atoms with Gasteiger partial charge in [0.1, 0.15) is 5.69 Å². The number of halogens is 2. The van der Waals surface area contributed by atoms with Crippen molar-refractivity contribution in [2.75, 3.05) is 0 Å². The summed E-state index contributed by atoms with van der Waals surface area (Å²) in [5, 5.41) is 8.87. The zero-order valence-corrected chi connectivity index (χ0v) is 8.73. The number of carboxylic acid groups (broad SMARTS) is 1. The van der Waals surface area contributed by atoms with Gasteiger partial charge in [0.05, 0.1) is 6.54 Å². The van der Waals surface area contributed by atoms with Crippen molar-refractivity contribution in [2.24, 2.45) is 0 Å². The minimum Gasteiger partial charge on any atom is -0.477 e. The van der Waals surface area contributed by atoms with Crippen LogP contribution in [0.5, 0.6) is 0 Å². The molecule has 0 atom stereocenters. The normalized spacial score (nSPS) is 10.5. The fraction of sp³-hybridized carbons (Fsp3) is 0.0833. The largest absolute Gasteiger partial charge is 0.477 e. The quantitative estimate of drug-likeness (QED) is 0.891. The SMILES string of the molecule is O=C(O)c1cccn1Cc1cccc(F)c1F. The molecule has 2 aromatic rings. The van der Waals surface area contributed by atoms with Crippen LogP contribution in [0.2, 0.25) is 0 Å². The number of benzene rings is 1. The zero-order valence-electron chi connectivity index (χ0n) is 8.73. The molecular weight excluding hydrogens is 228 g/mol. The highest BCUT2D eigenvalue weighted by Crippen LogP contribution is 2.14. The van der Waals surface area contributed by atoms with E-state index in [4.69, 9.17) is 5.11 Å². The molecule has 1 aromatic heterocycles. The first-order chi connectivity index (χ1) is 8.09. The molecule has 0 saturated carbocycles. The molecule has 0 aliphatic carbocycles. The molecule has 0 aliphatic heterocycles. The van der Waals surface area contributed by atoms with E-state index in [-0.39, 0.29) is 17.8 Å². The first kappa shape index (κ1) is 11.3. The number of rotatable bonds is 3. The van der Waals surface area contributed by atoms with Gasteiger partial charge in [0.25, 0.3) is 0 Å². The predicted octanol–water partition coefficient (Wildman–Crippen LogP) is 2.51. The molecule has 88 valence electrons. The maximum atomic E-state index is 13.4. The molecule has 0 fully saturated rings. The number of aromatic nitrogens is 1. The van der Waals surface area contributed by atoms with Crippen LogP contribution < -0.4 is 0 Å². The topological polar surface area (TPSA) is 42.2 Å². The van der Waals surface area contributed by atoms with E-state index < -0.39 is 17.6 Å². The Hall–Kier alpha value is -2.17. The van der Waals surface area contributed by atoms with Crippen molar-refractivity contribution in [3.8, 4) is 0 Å². The molecule has 1 heterocycles. The molecule has 0 radical (unpaired) electrons. The molecule has 1 N–H and O–H groups in total. The van der Waals surface area contributed by atoms with Crippen molar-refractivity contribution in [1.82, 2.24) is 4.57 Å². The average Bonchev–Trinajstić information content (AvgIpc) is 2.73. The Morgan fingerprint density at radius 3 is 2.71 bits per heavy atom. The van der Waals surface area contributed by atoms with E-state index in [1.165, 1.54) is 29.0 Å². The third-order valence-electron chi connectivity index (χ3n) is 2.42. The summed E-state index contributed by atoms with van der Waals surface area (Å²) in [7, 11) is 0. The molecule has 0 unspecified atom stereocenters. The number of hydrogen-bond donors (Lipinski definition) is 1. The lowest BCUT2D eigenvalue weighted by Gasteiger charge is -2.07. The van der Waals surface area contributed by atoms with Crippen LogP contribution in [0.25, 0.3) is 0 Å². The number of carbonyl (C=O) groups is 1. The fourth-order valence-electron chi connectivity index (χ4n) is 1.60. The molecular formula is C12H9F2NO2. The molecule has 17 heavy (non-hydrogen) atoms. The van der Waals surface area contributed by atoms with Gasteiger partial charge in [-0.1, -0.05) is 12.1 Å². The smallest absolute Gasteiger partial charge is 0.352 e. The molecule has 0 aliphatic rings. The van der Waals surface area contributed by atoms with Crippen LogP contribution in [-0.4, -0.2) is 15.6 Å². The Morgan fingerprint density at radius 1 is 1.24 bits per heavy atom. The Kier molecular flexibility index (Phi) is 2.91. The summed E-state index contributed by atoms with van der Waals surface area (Å²) in [5.41, 5.74) is 0.150. The van der Waals surface area contributed by atoms with Crippen LogP contribution >= 0.6 is 0 Å². The van der Waals surface area contributed by atoms with Crippen molar-refractivity contribution in [1.29, 1.82) is 0 Å². The number of carboxylic acids is 1. The average molecular weight is 237 g/mol. The van der Waals surface area contributed by atoms with E-state index in [2.05, 4.69) is 0 Å². The van der Waals surface area contributed by atoms with E-state index in [1.54, 1.807) is 6.07 Å². The molecule has 1 aromatic carbocycles. The van der Waals surface area contributed by atoms with Crippen molar-refractivity contribution in [2.45, 2.75) is 6.54 Å². The third kappa shape index (κ3) is 2.18. The molecule has 0 bridgehead atoms. The van der Waals surface area contributed by atoms with Crippen LogP contribution in [0.15, 0.2) is 36.5 Å². The molecule has 2 rings (SSSR count). The van der Waals surface area contributed by atoms with Gasteiger partial charge in [-0.2, -0.15) is 0 Å². The highest BCUT2D eigenvalue weighted by Gasteiger charge is 2.12. The van der Waals surface area contributed by atoms with Gasteiger partial charge in [-0.3, -0.25) is 0 Å². The standard InChI is InChI=1S/C12H9F2NO2/c13-9-4-1-3-8(11(9)14)7-15-6-2-5-10(15)12(16)17/h1-6H,7H2,(H,16,17). The van der Waals surface area contributed by atoms with Crippen LogP contribution in [-0.2, 0) is 6.54 Å². The first-order valence-electron chi connectivity index (χ1n) is 4.91. The lowest BCUT2D eigenvalue weighted by Crippen LogP contribution is -2.09. The van der Waals surface area contributed by atoms with E-state index in [0.717, 1.165) is 6.07 Å². The Bertz CT molecular complexity index is 563. The van der Waals surface area contributed by atoms with Gasteiger partial charge >= 0.3 is 5.97 Å². The summed E-state index contributed by atoms with van der Waals surface area (Å²) in [6.07, 6.45) is 1.51. The summed E-state index contributed by atoms with van der Waals surface area (Å²) in [6, 6.07) is 6.77. The van der Waals surface area contributed by atoms with E-state index in [9.17, 15) is 13.6 Å². The van der Waals surface area contributed by atoms with Gasteiger partial charge in [0.15, 0.2) is 11.6 Å². The van der Waals surface area contributed by atoms with E-state index in [1.807, 2.05) is 0 Å². The Balaban J connectivity index is 2.35. The first-order valence-corrected chi connectivity index (χ1v) is 4.91. The molecule has 3 nitrogen and oxygen atoms in total. The summed E-state index contributed by atoms with van der Waals surface area (Å²) >= 11 is 0. The summed E-state index contributed by atoms with van der Waals surface area (Å²) in [4.78, 5) is 10.8. The van der Waals surface area contributed by atoms with Crippen molar-refractivity contribution >= 4 is 5.97 Å². The molecule has 0 spiro atoms. The van der Waals surface area contributed by atoms with Crippen molar-refractivity contribution in [3.05, 3.63) is 59.4 Å². The van der Waals surface area contributed by atoms with Gasteiger partial charge in [0.2, 0.25) is 0 Å². The maximum Gasteiger partial charge on any atom is 0.352 e. The van der Waals surface area contributed by atoms with Crippen LogP contribution in [0, 0.1) is 11.6 Å². The highest BCUT2D eigenvalue weighted by atomic mass is 19.2. The number of hydrogen-bond acceptors (Lipinski definition) is 1. The van der Waals surface area contributed by atoms with E-state index >= 15 is 0 Å². The lowest BCUT2D eigenvalue weighted by molar-refractivity contribution is 0.0685. The lowest BCUT2D eigenvalue weighted by atomic mass is 10.2. The van der Waals surface area contributed by atoms with Gasteiger partial charge in [-0.15, -0.1) is 0 Å². The molecule has 0 amide bonds. The van der Waals surface area contributed by atoms with Crippen LogP contribution in [0.1, 0.15) is 16.1 Å². The van der Waals surface area contributed by atoms with Crippen molar-refractivity contribution < 1.29 is 18.7 Å². The zero-order chi connectivity index (χ0) is 12.4. The van der Waals surface area contributed by atoms with E-state index in [0.29, 0.717) is 0 Å². The summed E-state index contributed by atoms with van der Waals surface area (Å²) < 4.78 is 27.7. The second-order valence-electron chi connectivity index (χ2n) is 3.54. The van der Waals surface area contributed by atoms with Gasteiger partial charge in [-0.05, 0) is 18.2 Å². The van der Waals surface area contributed by atoms with Gasteiger partial charge in [-0.25, -0.2) is 13.6 Å². The monoisotopic (exact) mass is 237 g/mol. The Labute approximate surface area is 95.9 Å². The summed E-state index contributed by atoms with van der Waals surface area (Å²) in [6.45, 7) is -0.0156. The second kappa shape index (κ2) is 4.37. The van der Waals surface area contributed by atoms with Crippen LogP contribution in [0.3, 0.4) is 0 Å².